The highest BCUT2D eigenvalue weighted by atomic mass is 16.5. The lowest BCUT2D eigenvalue weighted by Gasteiger charge is -2.38. The molecule has 1 N–H and O–H groups in total. The summed E-state index contributed by atoms with van der Waals surface area (Å²) in [6.45, 7) is -0.0591. The van der Waals surface area contributed by atoms with Crippen molar-refractivity contribution in [1.82, 2.24) is 10.2 Å². The summed E-state index contributed by atoms with van der Waals surface area (Å²) >= 11 is 0. The summed E-state index contributed by atoms with van der Waals surface area (Å²) in [5.41, 5.74) is 2.34. The van der Waals surface area contributed by atoms with Crippen LogP contribution in [0.25, 0.3) is 0 Å². The van der Waals surface area contributed by atoms with E-state index in [2.05, 4.69) is 5.32 Å². The van der Waals surface area contributed by atoms with E-state index in [1.165, 1.54) is 0 Å². The molecule has 2 heterocycles. The molecule has 0 aromatic heterocycles. The largest absolute Gasteiger partial charge is 0.489 e. The molecule has 1 saturated heterocycles. The normalized spacial score (nSPS) is 22.9. The van der Waals surface area contributed by atoms with Crippen LogP contribution in [0.3, 0.4) is 0 Å². The van der Waals surface area contributed by atoms with Crippen LogP contribution in [0.4, 0.5) is 10.5 Å². The van der Waals surface area contributed by atoms with Gasteiger partial charge in [0.2, 0.25) is 5.91 Å². The molecule has 3 aromatic rings. The van der Waals surface area contributed by atoms with Crippen LogP contribution in [0.2, 0.25) is 0 Å². The second kappa shape index (κ2) is 8.27. The summed E-state index contributed by atoms with van der Waals surface area (Å²) in [4.78, 5) is 43.3. The molecule has 3 aliphatic rings. The Morgan fingerprint density at radius 3 is 2.57 bits per heavy atom. The molecule has 7 nitrogen and oxygen atoms in total. The van der Waals surface area contributed by atoms with E-state index in [-0.39, 0.29) is 31.0 Å². The van der Waals surface area contributed by atoms with Crippen molar-refractivity contribution in [3.63, 3.8) is 0 Å². The smallest absolute Gasteiger partial charge is 0.325 e. The van der Waals surface area contributed by atoms with Crippen molar-refractivity contribution in [2.24, 2.45) is 0 Å². The van der Waals surface area contributed by atoms with Gasteiger partial charge in [0.15, 0.2) is 0 Å². The van der Waals surface area contributed by atoms with E-state index in [0.29, 0.717) is 17.9 Å². The number of carbonyl (C=O) groups is 3. The van der Waals surface area contributed by atoms with Crippen molar-refractivity contribution in [2.75, 3.05) is 18.1 Å². The zero-order valence-corrected chi connectivity index (χ0v) is 19.1. The highest BCUT2D eigenvalue weighted by molar-refractivity contribution is 6.11. The van der Waals surface area contributed by atoms with E-state index >= 15 is 0 Å². The summed E-state index contributed by atoms with van der Waals surface area (Å²) in [7, 11) is 0. The number of nitrogens with one attached hydrogen (secondary N) is 1. The van der Waals surface area contributed by atoms with Gasteiger partial charge in [-0.05, 0) is 48.1 Å². The Balaban J connectivity index is 1.33. The van der Waals surface area contributed by atoms with Crippen molar-refractivity contribution in [2.45, 2.75) is 30.8 Å². The third-order valence-corrected chi connectivity index (χ3v) is 7.23. The van der Waals surface area contributed by atoms with E-state index in [4.69, 9.17) is 4.74 Å². The first-order valence-electron chi connectivity index (χ1n) is 11.9. The zero-order chi connectivity index (χ0) is 24.0. The van der Waals surface area contributed by atoms with Crippen molar-refractivity contribution in [1.29, 1.82) is 0 Å². The fraction of sp³-hybridized carbons (Fsp3) is 0.250. The van der Waals surface area contributed by atoms with E-state index < -0.39 is 11.6 Å². The molecule has 2 atom stereocenters. The number of ether oxygens (including phenoxy) is 1. The maximum Gasteiger partial charge on any atom is 0.325 e. The number of rotatable bonds is 3. The first-order chi connectivity index (χ1) is 17.1. The number of imide groups is 1. The van der Waals surface area contributed by atoms with Crippen LogP contribution < -0.4 is 15.0 Å². The van der Waals surface area contributed by atoms with Gasteiger partial charge in [-0.25, -0.2) is 4.79 Å². The Kier molecular flexibility index (Phi) is 5.06. The predicted molar refractivity (Wildman–Crippen MR) is 130 cm³/mol. The molecule has 3 aromatic carbocycles. The van der Waals surface area contributed by atoms with Gasteiger partial charge in [-0.2, -0.15) is 0 Å². The molecule has 1 aliphatic carbocycles. The van der Waals surface area contributed by atoms with Gasteiger partial charge in [0.25, 0.3) is 5.91 Å². The third-order valence-electron chi connectivity index (χ3n) is 7.23. The summed E-state index contributed by atoms with van der Waals surface area (Å²) in [6, 6.07) is 23.8. The number of aryl methyl sites for hydroxylation is 1. The predicted octanol–water partition coefficient (Wildman–Crippen LogP) is 3.94. The van der Waals surface area contributed by atoms with Crippen molar-refractivity contribution in [3.8, 4) is 5.75 Å². The lowest BCUT2D eigenvalue weighted by molar-refractivity contribution is -0.135. The molecule has 0 saturated carbocycles. The monoisotopic (exact) mass is 467 g/mol. The zero-order valence-electron chi connectivity index (χ0n) is 19.1. The molecule has 6 rings (SSSR count). The van der Waals surface area contributed by atoms with Gasteiger partial charge in [-0.1, -0.05) is 66.7 Å². The van der Waals surface area contributed by atoms with Crippen molar-refractivity contribution < 1.29 is 19.1 Å². The van der Waals surface area contributed by atoms with Gasteiger partial charge in [0, 0.05) is 0 Å². The summed E-state index contributed by atoms with van der Waals surface area (Å²) in [6.07, 6.45) is 2.17. The summed E-state index contributed by atoms with van der Waals surface area (Å²) < 4.78 is 5.96. The number of hydrogen-bond acceptors (Lipinski definition) is 4. The second-order valence-corrected chi connectivity index (χ2v) is 9.21. The van der Waals surface area contributed by atoms with Crippen LogP contribution in [0.1, 0.15) is 35.6 Å². The van der Waals surface area contributed by atoms with Gasteiger partial charge in [-0.3, -0.25) is 19.4 Å². The number of nitrogens with zero attached hydrogens (tertiary/aromatic N) is 2. The quantitative estimate of drug-likeness (QED) is 0.592. The minimum atomic E-state index is -1.10. The molecule has 4 amide bonds. The molecule has 0 radical (unpaired) electrons. The maximum atomic E-state index is 13.8. The molecular formula is C28H25N3O4. The van der Waals surface area contributed by atoms with E-state index in [1.54, 1.807) is 4.90 Å². The van der Waals surface area contributed by atoms with Crippen LogP contribution in [-0.4, -0.2) is 35.9 Å². The number of hydrogen-bond donors (Lipinski definition) is 1. The van der Waals surface area contributed by atoms with Gasteiger partial charge in [0.1, 0.15) is 24.4 Å². The number of benzene rings is 3. The Morgan fingerprint density at radius 2 is 1.71 bits per heavy atom. The van der Waals surface area contributed by atoms with Crippen LogP contribution in [-0.2, 0) is 21.5 Å². The molecule has 0 bridgehead atoms. The summed E-state index contributed by atoms with van der Waals surface area (Å²) in [5, 5.41) is 2.94. The van der Waals surface area contributed by atoms with Crippen LogP contribution >= 0.6 is 0 Å². The van der Waals surface area contributed by atoms with E-state index in [9.17, 15) is 14.4 Å². The number of carbonyl (C=O) groups excluding carboxylic acids is 3. The number of amides is 4. The lowest BCUT2D eigenvalue weighted by Crippen LogP contribution is -2.49. The number of urea groups is 1. The fourth-order valence-electron chi connectivity index (χ4n) is 5.58. The average molecular weight is 468 g/mol. The minimum Gasteiger partial charge on any atom is -0.489 e. The lowest BCUT2D eigenvalue weighted by atomic mass is 9.76. The van der Waals surface area contributed by atoms with Crippen molar-refractivity contribution >= 4 is 23.5 Å². The third kappa shape index (κ3) is 3.38. The van der Waals surface area contributed by atoms with Crippen molar-refractivity contribution in [3.05, 3.63) is 95.6 Å². The molecule has 2 aliphatic heterocycles. The average Bonchev–Trinajstić information content (AvgIpc) is 3.13. The maximum absolute atomic E-state index is 13.8. The standard InChI is InChI=1S/C28H25N3O4/c32-25(31-22-14-6-7-15-24(22)35-18-23(31)20-10-2-1-3-11-20)17-30-26(33)28(29-27(30)34)16-8-12-19-9-4-5-13-21(19)28/h1-7,9-11,13-15,23H,8,12,16-18H2,(H,29,34)/t23-,28-/m0/s1. The SMILES string of the molecule is O=C1N[C@]2(CCCc3ccccc32)C(=O)N1CC(=O)N1c2ccccc2OC[C@H]1c1ccccc1. The van der Waals surface area contributed by atoms with E-state index in [0.717, 1.165) is 34.4 Å². The first kappa shape index (κ1) is 21.4. The van der Waals surface area contributed by atoms with Gasteiger partial charge in [0.05, 0.1) is 11.7 Å². The highest BCUT2D eigenvalue weighted by Crippen LogP contribution is 2.42. The Morgan fingerprint density at radius 1 is 0.971 bits per heavy atom. The Labute approximate surface area is 203 Å². The van der Waals surface area contributed by atoms with Gasteiger partial charge >= 0.3 is 6.03 Å². The van der Waals surface area contributed by atoms with E-state index in [1.807, 2.05) is 78.9 Å². The molecule has 0 unspecified atom stereocenters. The van der Waals surface area contributed by atoms with Crippen LogP contribution in [0, 0.1) is 0 Å². The number of anilines is 1. The summed E-state index contributed by atoms with van der Waals surface area (Å²) in [5.74, 6) is -0.0945. The van der Waals surface area contributed by atoms with Gasteiger partial charge in [-0.15, -0.1) is 0 Å². The van der Waals surface area contributed by atoms with Crippen LogP contribution in [0.15, 0.2) is 78.9 Å². The molecule has 176 valence electrons. The number of para-hydroxylation sites is 2. The first-order valence-corrected chi connectivity index (χ1v) is 11.9. The minimum absolute atomic E-state index is 0.282. The molecule has 1 fully saturated rings. The fourth-order valence-corrected chi connectivity index (χ4v) is 5.58. The molecule has 1 spiro atoms. The Hall–Kier alpha value is -4.13. The Bertz CT molecular complexity index is 1320. The second-order valence-electron chi connectivity index (χ2n) is 9.21. The molecule has 7 heteroatoms. The number of fused-ring (bicyclic) bond motifs is 3. The molecule has 35 heavy (non-hydrogen) atoms. The van der Waals surface area contributed by atoms with Gasteiger partial charge < -0.3 is 10.1 Å². The van der Waals surface area contributed by atoms with Crippen LogP contribution in [0.5, 0.6) is 5.75 Å². The topological polar surface area (TPSA) is 79.0 Å². The highest BCUT2D eigenvalue weighted by Gasteiger charge is 2.54. The molecular weight excluding hydrogens is 442 g/mol.